The normalized spacial score (nSPS) is 15.7. The van der Waals surface area contributed by atoms with E-state index in [0.29, 0.717) is 5.16 Å². The van der Waals surface area contributed by atoms with E-state index in [1.807, 2.05) is 28.6 Å². The van der Waals surface area contributed by atoms with Gasteiger partial charge in [0, 0.05) is 15.8 Å². The maximum atomic E-state index is 6.04. The minimum absolute atomic E-state index is 0.657. The second-order valence-corrected chi connectivity index (χ2v) is 4.93. The Labute approximate surface area is 111 Å². The molecule has 80 valence electrons. The number of halogens is 3. The predicted octanol–water partition coefficient (Wildman–Crippen LogP) is 4.25. The molecule has 0 fully saturated rings. The Hall–Kier alpha value is 0.130. The highest BCUT2D eigenvalue weighted by molar-refractivity contribution is 9.08. The summed E-state index contributed by atoms with van der Waals surface area (Å²) in [6.45, 7) is 0. The molecule has 6 heteroatoms. The maximum absolute atomic E-state index is 6.04. The lowest BCUT2D eigenvalue weighted by atomic mass is 10.2. The molecular weight excluding hydrogens is 319 g/mol. The van der Waals surface area contributed by atoms with Crippen LogP contribution in [0, 0.1) is 0 Å². The van der Waals surface area contributed by atoms with E-state index in [0.717, 1.165) is 21.6 Å². The number of nitrogens with zero attached hydrogens (tertiary/aromatic N) is 1. The molecule has 0 aliphatic carbocycles. The van der Waals surface area contributed by atoms with E-state index in [1.165, 1.54) is 11.9 Å². The monoisotopic (exact) mass is 324 g/mol. The lowest BCUT2D eigenvalue weighted by Crippen LogP contribution is -2.26. The number of hydrogen-bond donors (Lipinski definition) is 1. The zero-order valence-electron chi connectivity index (χ0n) is 7.51. The fourth-order valence-corrected chi connectivity index (χ4v) is 2.79. The van der Waals surface area contributed by atoms with Gasteiger partial charge >= 0.3 is 0 Å². The number of rotatable bonds is 2. The van der Waals surface area contributed by atoms with Crippen LogP contribution in [-0.2, 0) is 5.33 Å². The van der Waals surface area contributed by atoms with E-state index in [-0.39, 0.29) is 0 Å². The number of nitrogens with one attached hydrogen (secondary N) is 1. The summed E-state index contributed by atoms with van der Waals surface area (Å²) < 4.78 is 0. The highest BCUT2D eigenvalue weighted by Gasteiger charge is 2.18. The van der Waals surface area contributed by atoms with Crippen molar-refractivity contribution in [2.75, 3.05) is 5.01 Å². The van der Waals surface area contributed by atoms with Crippen LogP contribution in [0.15, 0.2) is 28.8 Å². The van der Waals surface area contributed by atoms with Crippen LogP contribution in [0.1, 0.15) is 5.56 Å². The lowest BCUT2D eigenvalue weighted by molar-refractivity contribution is 0.981. The molecule has 0 spiro atoms. The first-order valence-corrected chi connectivity index (χ1v) is 6.89. The third kappa shape index (κ3) is 2.45. The van der Waals surface area contributed by atoms with Crippen LogP contribution < -0.4 is 9.84 Å². The van der Waals surface area contributed by atoms with Gasteiger partial charge in [-0.25, -0.2) is 0 Å². The number of benzene rings is 1. The average Bonchev–Trinajstić information content (AvgIpc) is 2.64. The lowest BCUT2D eigenvalue weighted by Gasteiger charge is -2.20. The van der Waals surface area contributed by atoms with Crippen LogP contribution in [0.2, 0.25) is 5.02 Å². The molecule has 1 aromatic carbocycles. The van der Waals surface area contributed by atoms with Gasteiger partial charge < -0.3 is 0 Å². The van der Waals surface area contributed by atoms with Crippen molar-refractivity contribution in [3.05, 3.63) is 39.3 Å². The summed E-state index contributed by atoms with van der Waals surface area (Å²) in [5.74, 6) is 0. The summed E-state index contributed by atoms with van der Waals surface area (Å²) in [6.07, 6.45) is 0. The zero-order chi connectivity index (χ0) is 10.8. The van der Waals surface area contributed by atoms with Gasteiger partial charge in [0.25, 0.3) is 0 Å². The molecule has 1 aliphatic heterocycles. The summed E-state index contributed by atoms with van der Waals surface area (Å²) in [4.78, 5) is 3.08. The zero-order valence-corrected chi connectivity index (χ0v) is 11.4. The molecule has 0 saturated heterocycles. The van der Waals surface area contributed by atoms with Gasteiger partial charge in [0.2, 0.25) is 0 Å². The van der Waals surface area contributed by atoms with Crippen LogP contribution in [0.25, 0.3) is 0 Å². The molecular formula is C9H7BrCl2N2S. The molecule has 15 heavy (non-hydrogen) atoms. The SMILES string of the molecule is ClC1=CSNN1c1ccc(Cl)cc1CBr. The molecule has 1 aromatic rings. The first-order chi connectivity index (χ1) is 7.22. The maximum Gasteiger partial charge on any atom is 0.132 e. The molecule has 0 bridgehead atoms. The minimum atomic E-state index is 0.657. The average molecular weight is 326 g/mol. The van der Waals surface area contributed by atoms with Crippen LogP contribution >= 0.6 is 51.1 Å². The van der Waals surface area contributed by atoms with E-state index >= 15 is 0 Å². The first kappa shape index (κ1) is 11.6. The van der Waals surface area contributed by atoms with Gasteiger partial charge in [-0.1, -0.05) is 39.1 Å². The highest BCUT2D eigenvalue weighted by atomic mass is 79.9. The fourth-order valence-electron chi connectivity index (χ4n) is 1.27. The van der Waals surface area contributed by atoms with Gasteiger partial charge in [-0.05, 0) is 35.7 Å². The second-order valence-electron chi connectivity index (χ2n) is 2.89. The summed E-state index contributed by atoms with van der Waals surface area (Å²) in [7, 11) is 0. The van der Waals surface area contributed by atoms with Gasteiger partial charge in [-0.2, -0.15) is 4.83 Å². The third-order valence-corrected chi connectivity index (χ3v) is 3.82. The van der Waals surface area contributed by atoms with Gasteiger partial charge in [-0.3, -0.25) is 5.01 Å². The van der Waals surface area contributed by atoms with Crippen molar-refractivity contribution in [2.45, 2.75) is 5.33 Å². The number of hydrogen-bond acceptors (Lipinski definition) is 3. The Bertz CT molecular complexity index is 411. The molecule has 1 heterocycles. The topological polar surface area (TPSA) is 15.3 Å². The van der Waals surface area contributed by atoms with Crippen LogP contribution in [-0.4, -0.2) is 0 Å². The number of alkyl halides is 1. The van der Waals surface area contributed by atoms with Crippen molar-refractivity contribution in [3.8, 4) is 0 Å². The van der Waals surface area contributed by atoms with Crippen molar-refractivity contribution in [2.24, 2.45) is 0 Å². The first-order valence-electron chi connectivity index (χ1n) is 4.14. The Morgan fingerprint density at radius 1 is 1.40 bits per heavy atom. The summed E-state index contributed by atoms with van der Waals surface area (Å²) >= 11 is 16.8. The fraction of sp³-hybridized carbons (Fsp3) is 0.111. The second kappa shape index (κ2) is 4.97. The molecule has 2 nitrogen and oxygen atoms in total. The van der Waals surface area contributed by atoms with E-state index in [2.05, 4.69) is 20.8 Å². The Morgan fingerprint density at radius 3 is 2.80 bits per heavy atom. The van der Waals surface area contributed by atoms with E-state index in [9.17, 15) is 0 Å². The molecule has 0 amide bonds. The third-order valence-electron chi connectivity index (χ3n) is 1.94. The van der Waals surface area contributed by atoms with Crippen molar-refractivity contribution in [1.82, 2.24) is 4.83 Å². The Morgan fingerprint density at radius 2 is 2.20 bits per heavy atom. The summed E-state index contributed by atoms with van der Waals surface area (Å²) in [5.41, 5.74) is 2.09. The molecule has 2 rings (SSSR count). The van der Waals surface area contributed by atoms with E-state index < -0.39 is 0 Å². The van der Waals surface area contributed by atoms with E-state index in [4.69, 9.17) is 23.2 Å². The largest absolute Gasteiger partial charge is 0.255 e. The Balaban J connectivity index is 2.39. The van der Waals surface area contributed by atoms with Gasteiger partial charge in [0.1, 0.15) is 5.16 Å². The molecule has 0 atom stereocenters. The van der Waals surface area contributed by atoms with Gasteiger partial charge in [0.15, 0.2) is 0 Å². The van der Waals surface area contributed by atoms with Crippen molar-refractivity contribution >= 4 is 56.8 Å². The number of hydrazine groups is 1. The molecule has 0 radical (unpaired) electrons. The minimum Gasteiger partial charge on any atom is -0.255 e. The predicted molar refractivity (Wildman–Crippen MR) is 71.2 cm³/mol. The quantitative estimate of drug-likeness (QED) is 0.497. The smallest absolute Gasteiger partial charge is 0.132 e. The molecule has 0 aromatic heterocycles. The molecule has 1 aliphatic rings. The van der Waals surface area contributed by atoms with Crippen molar-refractivity contribution in [1.29, 1.82) is 0 Å². The molecule has 0 unspecified atom stereocenters. The van der Waals surface area contributed by atoms with Crippen LogP contribution in [0.3, 0.4) is 0 Å². The van der Waals surface area contributed by atoms with Gasteiger partial charge in [-0.15, -0.1) is 0 Å². The molecule has 0 saturated carbocycles. The van der Waals surface area contributed by atoms with Crippen molar-refractivity contribution < 1.29 is 0 Å². The van der Waals surface area contributed by atoms with E-state index in [1.54, 1.807) is 0 Å². The van der Waals surface area contributed by atoms with Crippen molar-refractivity contribution in [3.63, 3.8) is 0 Å². The summed E-state index contributed by atoms with van der Waals surface area (Å²) in [5, 5.41) is 5.77. The highest BCUT2D eigenvalue weighted by Crippen LogP contribution is 2.32. The Kier molecular flexibility index (Phi) is 3.85. The molecule has 1 N–H and O–H groups in total. The van der Waals surface area contributed by atoms with Crippen LogP contribution in [0.5, 0.6) is 0 Å². The van der Waals surface area contributed by atoms with Crippen LogP contribution in [0.4, 0.5) is 5.69 Å². The number of anilines is 1. The van der Waals surface area contributed by atoms with Gasteiger partial charge in [0.05, 0.1) is 5.69 Å². The standard InChI is InChI=1S/C9H7BrCl2N2S/c10-4-6-3-7(11)1-2-8(6)14-9(12)5-15-13-14/h1-3,5,13H,4H2. The summed E-state index contributed by atoms with van der Waals surface area (Å²) in [6, 6.07) is 5.70.